The highest BCUT2D eigenvalue weighted by molar-refractivity contribution is 7.99. The van der Waals surface area contributed by atoms with Gasteiger partial charge in [0.2, 0.25) is 10.0 Å². The summed E-state index contributed by atoms with van der Waals surface area (Å²) in [7, 11) is -3.69. The Morgan fingerprint density at radius 2 is 1.96 bits per heavy atom. The van der Waals surface area contributed by atoms with Crippen molar-refractivity contribution in [3.8, 4) is 10.6 Å². The first-order valence-corrected chi connectivity index (χ1v) is 13.6. The molecular formula is C17H16N2O4S5. The van der Waals surface area contributed by atoms with Gasteiger partial charge in [-0.1, -0.05) is 0 Å². The van der Waals surface area contributed by atoms with Gasteiger partial charge < -0.3 is 4.74 Å². The molecule has 0 radical (unpaired) electrons. The van der Waals surface area contributed by atoms with Crippen molar-refractivity contribution in [2.45, 2.75) is 11.5 Å². The summed E-state index contributed by atoms with van der Waals surface area (Å²) in [5.41, 5.74) is 1.69. The van der Waals surface area contributed by atoms with Crippen LogP contribution in [0.25, 0.3) is 10.6 Å². The van der Waals surface area contributed by atoms with Crippen molar-refractivity contribution in [3.05, 3.63) is 44.2 Å². The molecule has 0 amide bonds. The van der Waals surface area contributed by atoms with Crippen LogP contribution in [0.15, 0.2) is 38.5 Å². The Labute approximate surface area is 179 Å². The molecule has 0 atom stereocenters. The molecule has 0 saturated carbocycles. The monoisotopic (exact) mass is 472 g/mol. The molecule has 1 aliphatic heterocycles. The van der Waals surface area contributed by atoms with E-state index in [1.54, 1.807) is 28.5 Å². The van der Waals surface area contributed by atoms with Gasteiger partial charge in [-0.15, -0.1) is 22.7 Å². The van der Waals surface area contributed by atoms with Crippen LogP contribution >= 0.6 is 45.8 Å². The van der Waals surface area contributed by atoms with Crippen LogP contribution in [-0.2, 0) is 21.4 Å². The molecular weight excluding hydrogens is 457 g/mol. The Morgan fingerprint density at radius 3 is 2.71 bits per heavy atom. The van der Waals surface area contributed by atoms with E-state index in [9.17, 15) is 13.2 Å². The molecule has 3 aromatic heterocycles. The Bertz CT molecular complexity index is 1050. The predicted octanol–water partition coefficient (Wildman–Crippen LogP) is 4.03. The lowest BCUT2D eigenvalue weighted by atomic mass is 10.4. The minimum absolute atomic E-state index is 0.0111. The number of carbonyl (C=O) groups excluding carboxylic acids is 1. The number of nitrogens with zero attached hydrogens (tertiary/aromatic N) is 2. The maximum absolute atomic E-state index is 12.9. The van der Waals surface area contributed by atoms with Gasteiger partial charge in [0, 0.05) is 40.9 Å². The molecule has 1 aliphatic rings. The number of hydrogen-bond donors (Lipinski definition) is 0. The second kappa shape index (κ2) is 8.64. The zero-order valence-corrected chi connectivity index (χ0v) is 18.7. The molecule has 1 fully saturated rings. The van der Waals surface area contributed by atoms with Crippen molar-refractivity contribution in [2.75, 3.05) is 24.6 Å². The van der Waals surface area contributed by atoms with Crippen LogP contribution in [0.2, 0.25) is 0 Å². The number of thiazole rings is 1. The number of rotatable bonds is 6. The lowest BCUT2D eigenvalue weighted by molar-refractivity contribution is 0.0470. The van der Waals surface area contributed by atoms with E-state index < -0.39 is 16.0 Å². The van der Waals surface area contributed by atoms with E-state index in [1.165, 1.54) is 21.7 Å². The molecule has 28 heavy (non-hydrogen) atoms. The molecule has 0 spiro atoms. The summed E-state index contributed by atoms with van der Waals surface area (Å²) in [5.74, 6) is 0.892. The molecule has 0 aliphatic carbocycles. The average molecular weight is 473 g/mol. The molecule has 6 nitrogen and oxygen atoms in total. The molecule has 3 aromatic rings. The lowest BCUT2D eigenvalue weighted by Crippen LogP contribution is -2.38. The van der Waals surface area contributed by atoms with E-state index >= 15 is 0 Å². The Balaban J connectivity index is 1.45. The highest BCUT2D eigenvalue weighted by Crippen LogP contribution is 2.29. The number of sulfonamides is 1. The first-order valence-electron chi connectivity index (χ1n) is 8.35. The van der Waals surface area contributed by atoms with Crippen LogP contribution in [0.5, 0.6) is 0 Å². The molecule has 4 rings (SSSR count). The van der Waals surface area contributed by atoms with Crippen LogP contribution in [-0.4, -0.2) is 48.3 Å². The minimum Gasteiger partial charge on any atom is -0.455 e. The lowest BCUT2D eigenvalue weighted by Gasteiger charge is -2.25. The van der Waals surface area contributed by atoms with Gasteiger partial charge in [-0.25, -0.2) is 18.2 Å². The van der Waals surface area contributed by atoms with Gasteiger partial charge in [0.25, 0.3) is 0 Å². The van der Waals surface area contributed by atoms with E-state index in [0.29, 0.717) is 18.8 Å². The Morgan fingerprint density at radius 1 is 1.14 bits per heavy atom. The average Bonchev–Trinajstić information content (AvgIpc) is 3.48. The smallest absolute Gasteiger partial charge is 0.350 e. The molecule has 148 valence electrons. The molecule has 4 heterocycles. The predicted molar refractivity (Wildman–Crippen MR) is 115 cm³/mol. The highest BCUT2D eigenvalue weighted by Gasteiger charge is 2.31. The number of hydrogen-bond acceptors (Lipinski definition) is 9. The van der Waals surface area contributed by atoms with Crippen molar-refractivity contribution in [3.63, 3.8) is 0 Å². The van der Waals surface area contributed by atoms with E-state index in [1.807, 2.05) is 22.2 Å². The van der Waals surface area contributed by atoms with Crippen LogP contribution in [0.1, 0.15) is 15.4 Å². The summed E-state index contributed by atoms with van der Waals surface area (Å²) in [5, 5.41) is 8.32. The third kappa shape index (κ3) is 4.19. The molecule has 0 bridgehead atoms. The van der Waals surface area contributed by atoms with Gasteiger partial charge >= 0.3 is 5.97 Å². The summed E-state index contributed by atoms with van der Waals surface area (Å²) in [6.07, 6.45) is 0. The van der Waals surface area contributed by atoms with E-state index in [2.05, 4.69) is 4.98 Å². The SMILES string of the molecule is O=C(OCc1csc(-c2ccsc2)n1)c1sccc1S(=O)(=O)N1CCSCC1. The molecule has 0 unspecified atom stereocenters. The zero-order valence-electron chi connectivity index (χ0n) is 14.6. The minimum atomic E-state index is -3.69. The number of esters is 1. The Kier molecular flexibility index (Phi) is 6.18. The normalized spacial score (nSPS) is 15.6. The number of thiophene rings is 2. The second-order valence-electron chi connectivity index (χ2n) is 5.86. The third-order valence-electron chi connectivity index (χ3n) is 4.07. The molecule has 1 saturated heterocycles. The number of aromatic nitrogens is 1. The highest BCUT2D eigenvalue weighted by atomic mass is 32.2. The van der Waals surface area contributed by atoms with E-state index in [0.717, 1.165) is 33.4 Å². The third-order valence-corrected chi connectivity index (χ3v) is 9.60. The summed E-state index contributed by atoms with van der Waals surface area (Å²) < 4.78 is 32.6. The standard InChI is InChI=1S/C17H16N2O4S5/c20-17(23-9-13-11-27-16(18-13)12-1-5-25-10-12)15-14(2-6-26-15)28(21,22)19-3-7-24-8-4-19/h1-2,5-6,10-11H,3-4,7-9H2. The van der Waals surface area contributed by atoms with Crippen molar-refractivity contribution < 1.29 is 17.9 Å². The summed E-state index contributed by atoms with van der Waals surface area (Å²) in [6.45, 7) is 0.931. The van der Waals surface area contributed by atoms with Crippen molar-refractivity contribution in [1.82, 2.24) is 9.29 Å². The van der Waals surface area contributed by atoms with Gasteiger partial charge in [0.05, 0.1) is 5.69 Å². The molecule has 0 N–H and O–H groups in total. The number of thioether (sulfide) groups is 1. The van der Waals surface area contributed by atoms with E-state index in [4.69, 9.17) is 4.74 Å². The van der Waals surface area contributed by atoms with Gasteiger partial charge in [0.15, 0.2) is 0 Å². The number of carbonyl (C=O) groups is 1. The molecule has 0 aromatic carbocycles. The van der Waals surface area contributed by atoms with Crippen LogP contribution in [0.4, 0.5) is 0 Å². The zero-order chi connectivity index (χ0) is 19.6. The quantitative estimate of drug-likeness (QED) is 0.504. The van der Waals surface area contributed by atoms with Crippen molar-refractivity contribution in [2.24, 2.45) is 0 Å². The first kappa shape index (κ1) is 20.0. The fourth-order valence-electron chi connectivity index (χ4n) is 2.67. The fraction of sp³-hybridized carbons (Fsp3) is 0.294. The van der Waals surface area contributed by atoms with E-state index in [-0.39, 0.29) is 16.4 Å². The topological polar surface area (TPSA) is 76.6 Å². The van der Waals surface area contributed by atoms with Crippen LogP contribution < -0.4 is 0 Å². The summed E-state index contributed by atoms with van der Waals surface area (Å²) >= 11 is 5.89. The van der Waals surface area contributed by atoms with Gasteiger partial charge in [0.1, 0.15) is 21.4 Å². The fourth-order valence-corrected chi connectivity index (χ4v) is 8.05. The maximum atomic E-state index is 12.9. The van der Waals surface area contributed by atoms with Gasteiger partial charge in [-0.3, -0.25) is 0 Å². The number of ether oxygens (including phenoxy) is 1. The van der Waals surface area contributed by atoms with Gasteiger partial charge in [-0.2, -0.15) is 27.4 Å². The largest absolute Gasteiger partial charge is 0.455 e. The van der Waals surface area contributed by atoms with Crippen LogP contribution in [0.3, 0.4) is 0 Å². The summed E-state index contributed by atoms with van der Waals surface area (Å²) in [4.78, 5) is 17.2. The summed E-state index contributed by atoms with van der Waals surface area (Å²) in [6, 6.07) is 3.47. The van der Waals surface area contributed by atoms with Crippen molar-refractivity contribution in [1.29, 1.82) is 0 Å². The maximum Gasteiger partial charge on any atom is 0.350 e. The Hall–Kier alpha value is -1.24. The van der Waals surface area contributed by atoms with Gasteiger partial charge in [-0.05, 0) is 22.9 Å². The second-order valence-corrected chi connectivity index (χ2v) is 11.5. The molecule has 11 heteroatoms. The van der Waals surface area contributed by atoms with Crippen molar-refractivity contribution >= 4 is 61.8 Å². The van der Waals surface area contributed by atoms with Crippen LogP contribution in [0, 0.1) is 0 Å². The first-order chi connectivity index (χ1) is 13.6.